The number of allylic oxidation sites excluding steroid dienone is 2. The highest BCUT2D eigenvalue weighted by Gasteiger charge is 2.22. The summed E-state index contributed by atoms with van der Waals surface area (Å²) < 4.78 is 67.3. The molecule has 0 spiro atoms. The van der Waals surface area contributed by atoms with E-state index in [9.17, 15) is 14.4 Å². The van der Waals surface area contributed by atoms with E-state index < -0.39 is 18.3 Å². The second kappa shape index (κ2) is 40.8. The highest BCUT2D eigenvalue weighted by molar-refractivity contribution is 5.76. The van der Waals surface area contributed by atoms with Crippen LogP contribution in [0.15, 0.2) is 60.7 Å². The summed E-state index contributed by atoms with van der Waals surface area (Å²) in [5, 5.41) is 5.52. The number of alkyl carbamates (subject to hydrolysis) is 2. The van der Waals surface area contributed by atoms with Crippen LogP contribution in [-0.2, 0) is 68.1 Å². The molecule has 4 N–H and O–H groups in total. The van der Waals surface area contributed by atoms with Crippen molar-refractivity contribution >= 4 is 18.1 Å². The van der Waals surface area contributed by atoms with Crippen molar-refractivity contribution in [3.05, 3.63) is 82.9 Å². The van der Waals surface area contributed by atoms with Crippen molar-refractivity contribution in [2.75, 3.05) is 165 Å². The van der Waals surface area contributed by atoms with Gasteiger partial charge in [0.05, 0.1) is 139 Å². The predicted molar refractivity (Wildman–Crippen MR) is 269 cm³/mol. The molecule has 72 heavy (non-hydrogen) atoms. The van der Waals surface area contributed by atoms with Gasteiger partial charge in [-0.1, -0.05) is 60.4 Å². The Labute approximate surface area is 426 Å². The number of carbonyl (C=O) groups is 3. The lowest BCUT2D eigenvalue weighted by Gasteiger charge is -2.23. The number of nitrogens with zero attached hydrogens (tertiary/aromatic N) is 1. The van der Waals surface area contributed by atoms with Gasteiger partial charge in [0.2, 0.25) is 5.91 Å². The average molecular weight is 1010 g/mol. The van der Waals surface area contributed by atoms with Crippen molar-refractivity contribution in [3.63, 3.8) is 0 Å². The molecule has 2 aliphatic rings. The van der Waals surface area contributed by atoms with Gasteiger partial charge in [-0.3, -0.25) is 4.79 Å². The van der Waals surface area contributed by atoms with Crippen molar-refractivity contribution in [3.8, 4) is 11.8 Å². The zero-order valence-electron chi connectivity index (χ0n) is 42.2. The fourth-order valence-corrected chi connectivity index (χ4v) is 7.28. The van der Waals surface area contributed by atoms with Crippen LogP contribution >= 0.6 is 0 Å². The first-order valence-electron chi connectivity index (χ1n) is 25.5. The van der Waals surface area contributed by atoms with Crippen LogP contribution in [0.1, 0.15) is 66.9 Å². The summed E-state index contributed by atoms with van der Waals surface area (Å²) in [7, 11) is 0. The van der Waals surface area contributed by atoms with Crippen LogP contribution in [0.5, 0.6) is 0 Å². The third-order valence-corrected chi connectivity index (χ3v) is 11.0. The minimum atomic E-state index is -0.524. The van der Waals surface area contributed by atoms with E-state index in [0.29, 0.717) is 158 Å². The Bertz CT molecular complexity index is 1850. The highest BCUT2D eigenvalue weighted by atomic mass is 16.6. The van der Waals surface area contributed by atoms with Crippen LogP contribution in [0.25, 0.3) is 0 Å². The number of amides is 3. The number of nitrogens with one attached hydrogen (secondary N) is 2. The van der Waals surface area contributed by atoms with E-state index in [1.54, 1.807) is 4.90 Å². The quantitative estimate of drug-likeness (QED) is 0.0480. The fourth-order valence-electron chi connectivity index (χ4n) is 7.28. The molecular formula is C53H80N4O15. The average Bonchev–Trinajstić information content (AvgIpc) is 3.37. The monoisotopic (exact) mass is 1010 g/mol. The van der Waals surface area contributed by atoms with E-state index in [-0.39, 0.29) is 31.6 Å². The molecule has 0 aromatic heterocycles. The Morgan fingerprint density at radius 2 is 1.00 bits per heavy atom. The molecular weight excluding hydrogens is 933 g/mol. The molecule has 2 atom stereocenters. The van der Waals surface area contributed by atoms with Crippen LogP contribution in [0.2, 0.25) is 0 Å². The zero-order chi connectivity index (χ0) is 50.8. The molecule has 19 heteroatoms. The maximum atomic E-state index is 13.2. The third-order valence-electron chi connectivity index (χ3n) is 11.0. The third kappa shape index (κ3) is 28.5. The molecule has 2 aliphatic carbocycles. The molecule has 0 fully saturated rings. The number of ether oxygens (including phenoxy) is 12. The number of fused-ring (bicyclic) bond motifs is 2. The fraction of sp³-hybridized carbons (Fsp3) is 0.642. The van der Waals surface area contributed by atoms with Gasteiger partial charge in [-0.15, -0.1) is 0 Å². The highest BCUT2D eigenvalue weighted by Crippen LogP contribution is 2.28. The maximum Gasteiger partial charge on any atom is 0.407 e. The van der Waals surface area contributed by atoms with Crippen LogP contribution in [0.4, 0.5) is 9.59 Å². The van der Waals surface area contributed by atoms with Gasteiger partial charge >= 0.3 is 12.2 Å². The normalized spacial score (nSPS) is 15.1. The van der Waals surface area contributed by atoms with Crippen LogP contribution in [0.3, 0.4) is 0 Å². The first-order valence-corrected chi connectivity index (χ1v) is 25.5. The standard InChI is InChI=1S/C53H80N4O15/c54-19-25-62-31-37-68-43-42-67-36-30-61-24-18-51(58)57(22-28-65-34-40-69-38-32-63-26-20-55-52(59)71-48-13-4-2-1-3-5-14-48)23-29-66-35-41-70-39-33-64-27-21-56-53(60)72-50-44-47-12-7-6-10-45(47)16-17-46-11-8-9-15-49(46)50/h1-2,6-12,15,48,50H,3-5,13-14,18-44,54H2,(H,55,59)(H,56,60). The summed E-state index contributed by atoms with van der Waals surface area (Å²) in [6, 6.07) is 15.6. The van der Waals surface area contributed by atoms with Gasteiger partial charge in [-0.25, -0.2) is 9.59 Å². The van der Waals surface area contributed by atoms with Gasteiger partial charge in [0.1, 0.15) is 12.2 Å². The van der Waals surface area contributed by atoms with Crippen molar-refractivity contribution in [2.24, 2.45) is 5.73 Å². The molecule has 0 saturated carbocycles. The van der Waals surface area contributed by atoms with E-state index >= 15 is 0 Å². The number of rotatable bonds is 40. The largest absolute Gasteiger partial charge is 0.446 e. The summed E-state index contributed by atoms with van der Waals surface area (Å²) in [6.45, 7) is 9.36. The van der Waals surface area contributed by atoms with Crippen LogP contribution in [-0.4, -0.2) is 194 Å². The molecule has 0 saturated heterocycles. The lowest BCUT2D eigenvalue weighted by atomic mass is 9.92. The van der Waals surface area contributed by atoms with Crippen LogP contribution in [0, 0.1) is 11.8 Å². The SMILES string of the molecule is NCCOCCOCCOCCOCCC(=O)N(CCOCCOCCOCCNC(=O)OC1CCC=CCCC1)CCOCCOCCOCCNC(=O)OC1Cc2ccccc2C#Cc2ccccc21. The van der Waals surface area contributed by atoms with Crippen molar-refractivity contribution in [2.45, 2.75) is 57.2 Å². The Balaban J connectivity index is 1.01. The van der Waals surface area contributed by atoms with E-state index in [0.717, 1.165) is 54.4 Å². The van der Waals surface area contributed by atoms with Crippen molar-refractivity contribution in [1.29, 1.82) is 0 Å². The number of benzene rings is 2. The lowest BCUT2D eigenvalue weighted by molar-refractivity contribution is -0.134. The second-order valence-electron chi connectivity index (χ2n) is 16.5. The van der Waals surface area contributed by atoms with Crippen molar-refractivity contribution < 1.29 is 71.2 Å². The Morgan fingerprint density at radius 1 is 0.528 bits per heavy atom. The molecule has 4 rings (SSSR count). The summed E-state index contributed by atoms with van der Waals surface area (Å²) in [5.41, 5.74) is 9.06. The second-order valence-corrected chi connectivity index (χ2v) is 16.5. The Kier molecular flexibility index (Phi) is 33.9. The van der Waals surface area contributed by atoms with Gasteiger partial charge in [-0.2, -0.15) is 0 Å². The van der Waals surface area contributed by atoms with Gasteiger partial charge in [-0.05, 0) is 49.8 Å². The first kappa shape index (κ1) is 59.9. The maximum absolute atomic E-state index is 13.2. The summed E-state index contributed by atoms with van der Waals surface area (Å²) in [4.78, 5) is 39.8. The molecule has 0 bridgehead atoms. The van der Waals surface area contributed by atoms with E-state index in [2.05, 4.69) is 34.6 Å². The van der Waals surface area contributed by atoms with E-state index in [1.807, 2.05) is 48.5 Å². The summed E-state index contributed by atoms with van der Waals surface area (Å²) in [5.74, 6) is 6.38. The van der Waals surface area contributed by atoms with Gasteiger partial charge in [0, 0.05) is 55.8 Å². The molecule has 3 amide bonds. The topological polar surface area (TPSA) is 215 Å². The Hall–Kier alpha value is -4.69. The predicted octanol–water partition coefficient (Wildman–Crippen LogP) is 4.37. The zero-order valence-corrected chi connectivity index (χ0v) is 42.2. The molecule has 2 unspecified atom stereocenters. The first-order chi connectivity index (χ1) is 35.5. The number of nitrogens with two attached hydrogens (primary N) is 1. The van der Waals surface area contributed by atoms with E-state index in [4.69, 9.17) is 62.6 Å². The lowest BCUT2D eigenvalue weighted by Crippen LogP contribution is -2.37. The Morgan fingerprint density at radius 3 is 1.60 bits per heavy atom. The molecule has 2 aromatic carbocycles. The summed E-state index contributed by atoms with van der Waals surface area (Å²) >= 11 is 0. The molecule has 402 valence electrons. The van der Waals surface area contributed by atoms with Crippen LogP contribution < -0.4 is 16.4 Å². The number of hydrogen-bond donors (Lipinski definition) is 3. The van der Waals surface area contributed by atoms with Crippen molar-refractivity contribution in [1.82, 2.24) is 15.5 Å². The minimum absolute atomic E-state index is 0.0479. The van der Waals surface area contributed by atoms with E-state index in [1.165, 1.54) is 0 Å². The molecule has 0 heterocycles. The van der Waals surface area contributed by atoms with Gasteiger partial charge in [0.25, 0.3) is 0 Å². The number of carbonyl (C=O) groups excluding carboxylic acids is 3. The molecule has 2 aromatic rings. The van der Waals surface area contributed by atoms with Gasteiger partial charge in [0.15, 0.2) is 0 Å². The summed E-state index contributed by atoms with van der Waals surface area (Å²) in [6.07, 6.45) is 8.28. The number of hydrogen-bond acceptors (Lipinski definition) is 16. The van der Waals surface area contributed by atoms with Gasteiger partial charge < -0.3 is 78.1 Å². The molecule has 0 radical (unpaired) electrons. The smallest absolute Gasteiger partial charge is 0.407 e. The molecule has 19 nitrogen and oxygen atoms in total. The minimum Gasteiger partial charge on any atom is -0.446 e. The molecule has 0 aliphatic heterocycles.